The van der Waals surface area contributed by atoms with E-state index in [0.717, 1.165) is 5.56 Å². The quantitative estimate of drug-likeness (QED) is 0.701. The second-order valence-corrected chi connectivity index (χ2v) is 3.17. The van der Waals surface area contributed by atoms with Gasteiger partial charge in [-0.1, -0.05) is 30.3 Å². The first-order chi connectivity index (χ1) is 6.36. The summed E-state index contributed by atoms with van der Waals surface area (Å²) in [6.07, 6.45) is -0.235. The van der Waals surface area contributed by atoms with E-state index >= 15 is 0 Å². The topological polar surface area (TPSA) is 44.5 Å². The first-order valence-corrected chi connectivity index (χ1v) is 4.40. The van der Waals surface area contributed by atoms with Gasteiger partial charge >= 0.3 is 0 Å². The molecule has 2 N–H and O–H groups in total. The van der Waals surface area contributed by atoms with Crippen LogP contribution < -0.4 is 5.73 Å². The number of nitrogens with two attached hydrogens (primary N) is 1. The van der Waals surface area contributed by atoms with Crippen LogP contribution in [0.1, 0.15) is 11.9 Å². The summed E-state index contributed by atoms with van der Waals surface area (Å²) in [5.41, 5.74) is 6.68. The Balaban J connectivity index is 2.03. The highest BCUT2D eigenvalue weighted by atomic mass is 16.7. The van der Waals surface area contributed by atoms with E-state index in [1.807, 2.05) is 30.3 Å². The summed E-state index contributed by atoms with van der Waals surface area (Å²) in [4.78, 5) is 0. The Kier molecular flexibility index (Phi) is 2.59. The third-order valence-corrected chi connectivity index (χ3v) is 2.00. The zero-order valence-corrected chi connectivity index (χ0v) is 7.35. The summed E-state index contributed by atoms with van der Waals surface area (Å²) in [5, 5.41) is 0. The number of ether oxygens (including phenoxy) is 2. The SMILES string of the molecule is NC1COC(c2ccccc2)OC1. The summed E-state index contributed by atoms with van der Waals surface area (Å²) in [6, 6.07) is 9.90. The van der Waals surface area contributed by atoms with Gasteiger partial charge in [0.1, 0.15) is 0 Å². The number of hydrogen-bond acceptors (Lipinski definition) is 3. The maximum atomic E-state index is 5.63. The van der Waals surface area contributed by atoms with Crippen LogP contribution in [0.3, 0.4) is 0 Å². The van der Waals surface area contributed by atoms with Gasteiger partial charge in [-0.05, 0) is 0 Å². The molecule has 0 aromatic heterocycles. The van der Waals surface area contributed by atoms with Gasteiger partial charge in [-0.2, -0.15) is 0 Å². The van der Waals surface area contributed by atoms with Gasteiger partial charge in [-0.3, -0.25) is 0 Å². The molecule has 1 aromatic rings. The summed E-state index contributed by atoms with van der Waals surface area (Å²) >= 11 is 0. The van der Waals surface area contributed by atoms with Crippen LogP contribution in [0.25, 0.3) is 0 Å². The van der Waals surface area contributed by atoms with Crippen molar-refractivity contribution in [1.82, 2.24) is 0 Å². The van der Waals surface area contributed by atoms with Crippen LogP contribution in [0.5, 0.6) is 0 Å². The highest BCUT2D eigenvalue weighted by Crippen LogP contribution is 2.21. The minimum Gasteiger partial charge on any atom is -0.347 e. The lowest BCUT2D eigenvalue weighted by Gasteiger charge is -2.27. The molecule has 0 amide bonds. The fraction of sp³-hybridized carbons (Fsp3) is 0.400. The van der Waals surface area contributed by atoms with E-state index in [-0.39, 0.29) is 12.3 Å². The highest BCUT2D eigenvalue weighted by Gasteiger charge is 2.20. The number of benzene rings is 1. The van der Waals surface area contributed by atoms with Crippen molar-refractivity contribution in [3.8, 4) is 0 Å². The van der Waals surface area contributed by atoms with Crippen LogP contribution in [0.2, 0.25) is 0 Å². The molecule has 3 heteroatoms. The van der Waals surface area contributed by atoms with Crippen molar-refractivity contribution in [3.05, 3.63) is 35.9 Å². The molecule has 1 aromatic carbocycles. The van der Waals surface area contributed by atoms with Crippen molar-refractivity contribution in [2.24, 2.45) is 5.73 Å². The van der Waals surface area contributed by atoms with Crippen LogP contribution in [0, 0.1) is 0 Å². The maximum Gasteiger partial charge on any atom is 0.183 e. The van der Waals surface area contributed by atoms with Gasteiger partial charge in [0, 0.05) is 5.56 Å². The molecule has 1 fully saturated rings. The van der Waals surface area contributed by atoms with Gasteiger partial charge in [0.25, 0.3) is 0 Å². The van der Waals surface area contributed by atoms with E-state index < -0.39 is 0 Å². The van der Waals surface area contributed by atoms with E-state index in [4.69, 9.17) is 15.2 Å². The van der Waals surface area contributed by atoms with Crippen molar-refractivity contribution >= 4 is 0 Å². The number of rotatable bonds is 1. The molecular formula is C10H13NO2. The van der Waals surface area contributed by atoms with Crippen LogP contribution in [0.4, 0.5) is 0 Å². The highest BCUT2D eigenvalue weighted by molar-refractivity contribution is 5.16. The third kappa shape index (κ3) is 2.06. The van der Waals surface area contributed by atoms with Crippen molar-refractivity contribution in [3.63, 3.8) is 0 Å². The fourth-order valence-electron chi connectivity index (χ4n) is 1.32. The fourth-order valence-corrected chi connectivity index (χ4v) is 1.32. The maximum absolute atomic E-state index is 5.63. The molecule has 0 bridgehead atoms. The molecule has 0 saturated carbocycles. The van der Waals surface area contributed by atoms with E-state index in [0.29, 0.717) is 13.2 Å². The van der Waals surface area contributed by atoms with Crippen LogP contribution in [0.15, 0.2) is 30.3 Å². The smallest absolute Gasteiger partial charge is 0.183 e. The molecule has 0 atom stereocenters. The van der Waals surface area contributed by atoms with Gasteiger partial charge in [0.15, 0.2) is 6.29 Å². The lowest BCUT2D eigenvalue weighted by atomic mass is 10.2. The minimum atomic E-state index is -0.235. The average Bonchev–Trinajstić information content (AvgIpc) is 2.20. The predicted molar refractivity (Wildman–Crippen MR) is 49.1 cm³/mol. The first-order valence-electron chi connectivity index (χ1n) is 4.40. The normalized spacial score (nSPS) is 28.7. The summed E-state index contributed by atoms with van der Waals surface area (Å²) in [5.74, 6) is 0. The first kappa shape index (κ1) is 8.69. The van der Waals surface area contributed by atoms with E-state index in [9.17, 15) is 0 Å². The summed E-state index contributed by atoms with van der Waals surface area (Å²) in [6.45, 7) is 1.14. The lowest BCUT2D eigenvalue weighted by Crippen LogP contribution is -2.37. The Labute approximate surface area is 77.5 Å². The zero-order valence-electron chi connectivity index (χ0n) is 7.35. The second kappa shape index (κ2) is 3.87. The van der Waals surface area contributed by atoms with Crippen LogP contribution in [-0.2, 0) is 9.47 Å². The van der Waals surface area contributed by atoms with Gasteiger partial charge in [-0.25, -0.2) is 0 Å². The Bertz CT molecular complexity index is 255. The molecule has 2 rings (SSSR count). The molecule has 0 aliphatic carbocycles. The molecule has 0 unspecified atom stereocenters. The van der Waals surface area contributed by atoms with Crippen molar-refractivity contribution < 1.29 is 9.47 Å². The monoisotopic (exact) mass is 179 g/mol. The second-order valence-electron chi connectivity index (χ2n) is 3.17. The van der Waals surface area contributed by atoms with E-state index in [1.54, 1.807) is 0 Å². The number of hydrogen-bond donors (Lipinski definition) is 1. The molecule has 1 heterocycles. The molecular weight excluding hydrogens is 166 g/mol. The van der Waals surface area contributed by atoms with Crippen LogP contribution >= 0.6 is 0 Å². The van der Waals surface area contributed by atoms with Gasteiger partial charge < -0.3 is 15.2 Å². The van der Waals surface area contributed by atoms with E-state index in [2.05, 4.69) is 0 Å². The Morgan fingerprint density at radius 3 is 2.31 bits per heavy atom. The molecule has 70 valence electrons. The van der Waals surface area contributed by atoms with E-state index in [1.165, 1.54) is 0 Å². The zero-order chi connectivity index (χ0) is 9.10. The molecule has 1 aliphatic rings. The molecule has 1 aliphatic heterocycles. The van der Waals surface area contributed by atoms with Crippen molar-refractivity contribution in [2.75, 3.05) is 13.2 Å². The van der Waals surface area contributed by atoms with Crippen LogP contribution in [-0.4, -0.2) is 19.3 Å². The third-order valence-electron chi connectivity index (χ3n) is 2.00. The largest absolute Gasteiger partial charge is 0.347 e. The van der Waals surface area contributed by atoms with Gasteiger partial charge in [0.2, 0.25) is 0 Å². The minimum absolute atomic E-state index is 0.0139. The molecule has 3 nitrogen and oxygen atoms in total. The van der Waals surface area contributed by atoms with Crippen molar-refractivity contribution in [2.45, 2.75) is 12.3 Å². The molecule has 0 spiro atoms. The average molecular weight is 179 g/mol. The Morgan fingerprint density at radius 2 is 1.69 bits per heavy atom. The van der Waals surface area contributed by atoms with Gasteiger partial charge in [-0.15, -0.1) is 0 Å². The Morgan fingerprint density at radius 1 is 1.08 bits per heavy atom. The molecule has 13 heavy (non-hydrogen) atoms. The summed E-state index contributed by atoms with van der Waals surface area (Å²) < 4.78 is 10.9. The molecule has 0 radical (unpaired) electrons. The van der Waals surface area contributed by atoms with Crippen molar-refractivity contribution in [1.29, 1.82) is 0 Å². The lowest BCUT2D eigenvalue weighted by molar-refractivity contribution is -0.189. The Hall–Kier alpha value is -0.900. The predicted octanol–water partition coefficient (Wildman–Crippen LogP) is 1.06. The summed E-state index contributed by atoms with van der Waals surface area (Å²) in [7, 11) is 0. The molecule has 1 saturated heterocycles. The van der Waals surface area contributed by atoms with Gasteiger partial charge in [0.05, 0.1) is 19.3 Å². The standard InChI is InChI=1S/C10H13NO2/c11-9-6-12-10(13-7-9)8-4-2-1-3-5-8/h1-5,9-10H,6-7,11H2.